The molecule has 27 heavy (non-hydrogen) atoms. The van der Waals surface area contributed by atoms with E-state index in [4.69, 9.17) is 4.74 Å². The normalized spacial score (nSPS) is 14.4. The highest BCUT2D eigenvalue weighted by molar-refractivity contribution is 5.99. The number of benzene rings is 2. The third kappa shape index (κ3) is 3.31. The molecule has 0 radical (unpaired) electrons. The number of hydrogen-bond donors (Lipinski definition) is 0. The number of allylic oxidation sites excluding steroid dienone is 1. The maximum absolute atomic E-state index is 9.88. The first kappa shape index (κ1) is 17.3. The van der Waals surface area contributed by atoms with Crippen molar-refractivity contribution >= 4 is 22.4 Å². The van der Waals surface area contributed by atoms with E-state index >= 15 is 0 Å². The summed E-state index contributed by atoms with van der Waals surface area (Å²) in [6.07, 6.45) is 6.22. The van der Waals surface area contributed by atoms with Crippen LogP contribution in [0, 0.1) is 11.3 Å². The highest BCUT2D eigenvalue weighted by atomic mass is 16.5. The molecular weight excluding hydrogens is 336 g/mol. The largest absolute Gasteiger partial charge is 0.493 e. The van der Waals surface area contributed by atoms with Gasteiger partial charge in [0.25, 0.3) is 0 Å². The third-order valence-electron chi connectivity index (χ3n) is 4.99. The summed E-state index contributed by atoms with van der Waals surface area (Å²) >= 11 is 0. The van der Waals surface area contributed by atoms with Crippen LogP contribution in [0.15, 0.2) is 36.4 Å². The molecule has 1 aromatic heterocycles. The van der Waals surface area contributed by atoms with Crippen molar-refractivity contribution < 1.29 is 4.74 Å². The van der Waals surface area contributed by atoms with Crippen LogP contribution in [0.1, 0.15) is 43.4 Å². The highest BCUT2D eigenvalue weighted by Gasteiger charge is 2.18. The van der Waals surface area contributed by atoms with E-state index in [1.165, 1.54) is 6.42 Å². The highest BCUT2D eigenvalue weighted by Crippen LogP contribution is 2.32. The minimum Gasteiger partial charge on any atom is -0.493 e. The Kier molecular flexibility index (Phi) is 4.88. The molecule has 0 amide bonds. The molecule has 2 heterocycles. The van der Waals surface area contributed by atoms with Crippen molar-refractivity contribution in [2.75, 3.05) is 6.61 Å². The predicted molar refractivity (Wildman–Crippen MR) is 106 cm³/mol. The Morgan fingerprint density at radius 2 is 2.07 bits per heavy atom. The molecule has 0 unspecified atom stereocenters. The number of nitriles is 1. The molecule has 0 spiro atoms. The van der Waals surface area contributed by atoms with E-state index in [2.05, 4.69) is 33.0 Å². The molecule has 0 saturated carbocycles. The van der Waals surface area contributed by atoms with Gasteiger partial charge in [-0.1, -0.05) is 36.8 Å². The molecule has 1 aliphatic heterocycles. The van der Waals surface area contributed by atoms with E-state index in [9.17, 15) is 5.26 Å². The fourth-order valence-corrected chi connectivity index (χ4v) is 3.68. The number of aromatic nitrogens is 3. The predicted octanol–water partition coefficient (Wildman–Crippen LogP) is 4.62. The third-order valence-corrected chi connectivity index (χ3v) is 4.99. The van der Waals surface area contributed by atoms with Crippen LogP contribution in [0.2, 0.25) is 0 Å². The van der Waals surface area contributed by atoms with Crippen molar-refractivity contribution in [3.8, 4) is 11.8 Å². The number of nitrogens with zero attached hydrogens (tertiary/aromatic N) is 4. The Morgan fingerprint density at radius 1 is 1.19 bits per heavy atom. The van der Waals surface area contributed by atoms with Gasteiger partial charge < -0.3 is 9.30 Å². The Bertz CT molecular complexity index is 1040. The van der Waals surface area contributed by atoms with E-state index < -0.39 is 0 Å². The van der Waals surface area contributed by atoms with Gasteiger partial charge >= 0.3 is 0 Å². The molecular formula is C22H22N4O. The molecule has 136 valence electrons. The van der Waals surface area contributed by atoms with Gasteiger partial charge in [-0.05, 0) is 42.7 Å². The van der Waals surface area contributed by atoms with Gasteiger partial charge in [-0.3, -0.25) is 0 Å². The van der Waals surface area contributed by atoms with Crippen LogP contribution in [0.5, 0.6) is 5.75 Å². The topological polar surface area (TPSA) is 63.7 Å². The smallest absolute Gasteiger partial charge is 0.174 e. The van der Waals surface area contributed by atoms with Crippen LogP contribution in [0.25, 0.3) is 22.4 Å². The molecule has 0 saturated heterocycles. The lowest BCUT2D eigenvalue weighted by Crippen LogP contribution is -2.05. The maximum atomic E-state index is 9.88. The fraction of sp³-hybridized carbons (Fsp3) is 0.318. The van der Waals surface area contributed by atoms with Gasteiger partial charge in [-0.15, -0.1) is 10.2 Å². The minimum atomic E-state index is 0.521. The molecule has 0 aliphatic carbocycles. The Labute approximate surface area is 158 Å². The molecule has 2 aromatic carbocycles. The van der Waals surface area contributed by atoms with Gasteiger partial charge in [-0.25, -0.2) is 0 Å². The molecule has 0 atom stereocenters. The van der Waals surface area contributed by atoms with Crippen molar-refractivity contribution in [2.24, 2.45) is 0 Å². The van der Waals surface area contributed by atoms with Crippen LogP contribution < -0.4 is 4.74 Å². The first-order valence-corrected chi connectivity index (χ1v) is 9.50. The zero-order chi connectivity index (χ0) is 18.6. The molecule has 5 heteroatoms. The zero-order valence-electron chi connectivity index (χ0n) is 15.5. The lowest BCUT2D eigenvalue weighted by Gasteiger charge is -2.12. The quantitative estimate of drug-likeness (QED) is 0.638. The summed E-state index contributed by atoms with van der Waals surface area (Å²) in [5.41, 5.74) is 1.44. The van der Waals surface area contributed by atoms with Crippen molar-refractivity contribution in [1.82, 2.24) is 14.8 Å². The number of hydrogen-bond acceptors (Lipinski definition) is 4. The molecule has 1 aliphatic rings. The summed E-state index contributed by atoms with van der Waals surface area (Å²) < 4.78 is 7.95. The minimum absolute atomic E-state index is 0.521. The lowest BCUT2D eigenvalue weighted by atomic mass is 10.0. The van der Waals surface area contributed by atoms with Crippen molar-refractivity contribution in [3.63, 3.8) is 0 Å². The molecule has 4 rings (SSSR count). The monoisotopic (exact) mass is 358 g/mol. The van der Waals surface area contributed by atoms with Crippen molar-refractivity contribution in [2.45, 2.75) is 39.2 Å². The van der Waals surface area contributed by atoms with Crippen molar-refractivity contribution in [1.29, 1.82) is 5.26 Å². The van der Waals surface area contributed by atoms with Gasteiger partial charge in [-0.2, -0.15) is 5.26 Å². The fourth-order valence-electron chi connectivity index (χ4n) is 3.68. The van der Waals surface area contributed by atoms with Crippen LogP contribution in [-0.2, 0) is 13.0 Å². The van der Waals surface area contributed by atoms with Gasteiger partial charge in [0.2, 0.25) is 0 Å². The molecule has 0 fully saturated rings. The van der Waals surface area contributed by atoms with E-state index in [1.54, 1.807) is 0 Å². The second-order valence-corrected chi connectivity index (χ2v) is 6.70. The van der Waals surface area contributed by atoms with E-state index in [1.807, 2.05) is 37.3 Å². The molecule has 3 aromatic rings. The van der Waals surface area contributed by atoms with Crippen LogP contribution in [0.3, 0.4) is 0 Å². The number of ether oxygens (including phenoxy) is 1. The average molecular weight is 358 g/mol. The van der Waals surface area contributed by atoms with E-state index in [-0.39, 0.29) is 0 Å². The van der Waals surface area contributed by atoms with Gasteiger partial charge in [0.05, 0.1) is 12.2 Å². The van der Waals surface area contributed by atoms with E-state index in [0.29, 0.717) is 18.0 Å². The Morgan fingerprint density at radius 3 is 2.93 bits per heavy atom. The average Bonchev–Trinajstić information content (AvgIpc) is 2.95. The summed E-state index contributed by atoms with van der Waals surface area (Å²) in [4.78, 5) is 0. The van der Waals surface area contributed by atoms with Crippen LogP contribution >= 0.6 is 0 Å². The van der Waals surface area contributed by atoms with Gasteiger partial charge in [0, 0.05) is 18.5 Å². The van der Waals surface area contributed by atoms with Crippen LogP contribution in [0.4, 0.5) is 0 Å². The van der Waals surface area contributed by atoms with Gasteiger partial charge in [0.1, 0.15) is 17.6 Å². The summed E-state index contributed by atoms with van der Waals surface area (Å²) in [7, 11) is 0. The lowest BCUT2D eigenvalue weighted by molar-refractivity contribution is 0.340. The molecule has 0 N–H and O–H groups in total. The standard InChI is InChI=1S/C22H22N4O/c1-2-27-20-12-11-16-8-5-6-9-18(16)19(20)14-17(15-23)22-25-24-21-10-4-3-7-13-26(21)22/h5-6,8-9,11-12,14H,2-4,7,10,13H2,1H3/b17-14+. The molecule has 0 bridgehead atoms. The Hall–Kier alpha value is -3.13. The summed E-state index contributed by atoms with van der Waals surface area (Å²) in [6, 6.07) is 14.5. The molecule has 5 nitrogen and oxygen atoms in total. The SMILES string of the molecule is CCOc1ccc2ccccc2c1/C=C(\C#N)c1nnc2n1CCCCC2. The second-order valence-electron chi connectivity index (χ2n) is 6.70. The Balaban J connectivity index is 1.88. The van der Waals surface area contributed by atoms with Crippen molar-refractivity contribution in [3.05, 3.63) is 53.6 Å². The second kappa shape index (κ2) is 7.63. The van der Waals surface area contributed by atoms with Crippen LogP contribution in [-0.4, -0.2) is 21.4 Å². The summed E-state index contributed by atoms with van der Waals surface area (Å²) in [5.74, 6) is 2.41. The summed E-state index contributed by atoms with van der Waals surface area (Å²) in [6.45, 7) is 3.40. The number of rotatable bonds is 4. The number of aryl methyl sites for hydroxylation is 1. The first-order valence-electron chi connectivity index (χ1n) is 9.50. The van der Waals surface area contributed by atoms with Gasteiger partial charge in [0.15, 0.2) is 5.82 Å². The van der Waals surface area contributed by atoms with E-state index in [0.717, 1.165) is 53.7 Å². The maximum Gasteiger partial charge on any atom is 0.174 e. The zero-order valence-corrected chi connectivity index (χ0v) is 15.5. The number of fused-ring (bicyclic) bond motifs is 2. The first-order chi connectivity index (χ1) is 13.3. The summed E-state index contributed by atoms with van der Waals surface area (Å²) in [5, 5.41) is 20.7.